The molecule has 0 radical (unpaired) electrons. The lowest BCUT2D eigenvalue weighted by Gasteiger charge is -2.10. The molecule has 0 aliphatic rings. The Morgan fingerprint density at radius 2 is 2.15 bits per heavy atom. The molecule has 1 heterocycles. The molecular weight excluding hydrogens is 254 g/mol. The van der Waals surface area contributed by atoms with Gasteiger partial charge >= 0.3 is 0 Å². The molecule has 0 saturated heterocycles. The Kier molecular flexibility index (Phi) is 5.46. The van der Waals surface area contributed by atoms with Crippen LogP contribution in [0.3, 0.4) is 0 Å². The monoisotopic (exact) mass is 273 g/mol. The van der Waals surface area contributed by atoms with Gasteiger partial charge in [0.1, 0.15) is 5.75 Å². The van der Waals surface area contributed by atoms with Crippen LogP contribution in [0.15, 0.2) is 36.5 Å². The Morgan fingerprint density at radius 1 is 1.25 bits per heavy atom. The molecule has 0 saturated carbocycles. The van der Waals surface area contributed by atoms with E-state index in [2.05, 4.69) is 22.4 Å². The van der Waals surface area contributed by atoms with E-state index in [0.29, 0.717) is 12.4 Å². The van der Waals surface area contributed by atoms with E-state index in [1.807, 2.05) is 18.2 Å². The molecule has 1 aromatic carbocycles. The van der Waals surface area contributed by atoms with Crippen molar-refractivity contribution in [1.29, 1.82) is 0 Å². The Hall–Kier alpha value is -1.98. The minimum atomic E-state index is 0.162. The van der Waals surface area contributed by atoms with Crippen LogP contribution in [-0.4, -0.2) is 35.0 Å². The van der Waals surface area contributed by atoms with Gasteiger partial charge in [0.15, 0.2) is 0 Å². The van der Waals surface area contributed by atoms with Gasteiger partial charge in [-0.3, -0.25) is 0 Å². The van der Waals surface area contributed by atoms with Crippen LogP contribution in [0.1, 0.15) is 11.1 Å². The maximum absolute atomic E-state index is 8.73. The summed E-state index contributed by atoms with van der Waals surface area (Å²) in [6.07, 6.45) is 2.50. The molecule has 5 heteroatoms. The van der Waals surface area contributed by atoms with Gasteiger partial charge in [0.2, 0.25) is 5.88 Å². The first kappa shape index (κ1) is 14.4. The molecular formula is C15H19N3O2. The van der Waals surface area contributed by atoms with Crippen LogP contribution in [0.5, 0.6) is 11.6 Å². The van der Waals surface area contributed by atoms with E-state index in [1.54, 1.807) is 18.3 Å². The fraction of sp³-hybridized carbons (Fsp3) is 0.333. The zero-order valence-corrected chi connectivity index (χ0v) is 11.5. The van der Waals surface area contributed by atoms with Gasteiger partial charge in [-0.15, -0.1) is 5.10 Å². The average molecular weight is 273 g/mol. The zero-order chi connectivity index (χ0) is 14.2. The number of aryl methyl sites for hydroxylation is 1. The zero-order valence-electron chi connectivity index (χ0n) is 11.5. The molecule has 2 aromatic rings. The Balaban J connectivity index is 2.00. The molecule has 2 rings (SSSR count). The maximum atomic E-state index is 8.73. The summed E-state index contributed by atoms with van der Waals surface area (Å²) in [6, 6.07) is 9.54. The predicted molar refractivity (Wildman–Crippen MR) is 76.9 cm³/mol. The van der Waals surface area contributed by atoms with E-state index in [-0.39, 0.29) is 6.61 Å². The van der Waals surface area contributed by atoms with E-state index in [1.165, 1.54) is 11.1 Å². The van der Waals surface area contributed by atoms with Crippen LogP contribution < -0.4 is 10.1 Å². The summed E-state index contributed by atoms with van der Waals surface area (Å²) in [5.74, 6) is 1.24. The molecule has 1 aromatic heterocycles. The van der Waals surface area contributed by atoms with Crippen molar-refractivity contribution in [3.05, 3.63) is 47.7 Å². The first-order chi connectivity index (χ1) is 9.79. The molecule has 0 spiro atoms. The number of aliphatic hydroxyl groups excluding tert-OH is 1. The lowest BCUT2D eigenvalue weighted by Crippen LogP contribution is -2.21. The van der Waals surface area contributed by atoms with Crippen molar-refractivity contribution in [1.82, 2.24) is 15.5 Å². The van der Waals surface area contributed by atoms with E-state index in [9.17, 15) is 0 Å². The van der Waals surface area contributed by atoms with Crippen LogP contribution >= 0.6 is 0 Å². The number of aliphatic hydroxyl groups is 1. The Bertz CT molecular complexity index is 532. The van der Waals surface area contributed by atoms with Crippen LogP contribution in [-0.2, 0) is 6.42 Å². The van der Waals surface area contributed by atoms with E-state index in [4.69, 9.17) is 9.84 Å². The second-order valence-corrected chi connectivity index (χ2v) is 4.48. The molecule has 20 heavy (non-hydrogen) atoms. The molecule has 0 aliphatic carbocycles. The number of aromatic nitrogens is 2. The smallest absolute Gasteiger partial charge is 0.238 e. The number of hydrogen-bond donors (Lipinski definition) is 2. The van der Waals surface area contributed by atoms with E-state index >= 15 is 0 Å². The van der Waals surface area contributed by atoms with Gasteiger partial charge in [-0.2, -0.15) is 5.10 Å². The summed E-state index contributed by atoms with van der Waals surface area (Å²) in [6.45, 7) is 3.69. The second-order valence-electron chi connectivity index (χ2n) is 4.48. The molecule has 0 aliphatic heterocycles. The SMILES string of the molecule is Cc1ccc(Oc2cccnn2)cc1CCNCCO. The minimum absolute atomic E-state index is 0.162. The molecule has 0 atom stereocenters. The third-order valence-electron chi connectivity index (χ3n) is 2.95. The molecule has 0 fully saturated rings. The summed E-state index contributed by atoms with van der Waals surface area (Å²) in [4.78, 5) is 0. The number of rotatable bonds is 7. The maximum Gasteiger partial charge on any atom is 0.238 e. The number of ether oxygens (including phenoxy) is 1. The summed E-state index contributed by atoms with van der Waals surface area (Å²) >= 11 is 0. The topological polar surface area (TPSA) is 67.3 Å². The summed E-state index contributed by atoms with van der Waals surface area (Å²) < 4.78 is 5.67. The Labute approximate surface area is 118 Å². The number of nitrogens with zero attached hydrogens (tertiary/aromatic N) is 2. The number of hydrogen-bond acceptors (Lipinski definition) is 5. The minimum Gasteiger partial charge on any atom is -0.438 e. The van der Waals surface area contributed by atoms with Crippen molar-refractivity contribution < 1.29 is 9.84 Å². The van der Waals surface area contributed by atoms with Crippen LogP contribution in [0.4, 0.5) is 0 Å². The molecule has 0 unspecified atom stereocenters. The van der Waals surface area contributed by atoms with Crippen LogP contribution in [0.25, 0.3) is 0 Å². The van der Waals surface area contributed by atoms with Crippen LogP contribution in [0.2, 0.25) is 0 Å². The highest BCUT2D eigenvalue weighted by Gasteiger charge is 2.03. The third-order valence-corrected chi connectivity index (χ3v) is 2.95. The fourth-order valence-electron chi connectivity index (χ4n) is 1.87. The van der Waals surface area contributed by atoms with Crippen molar-refractivity contribution in [3.8, 4) is 11.6 Å². The second kappa shape index (κ2) is 7.57. The molecule has 5 nitrogen and oxygen atoms in total. The van der Waals surface area contributed by atoms with E-state index < -0.39 is 0 Å². The highest BCUT2D eigenvalue weighted by atomic mass is 16.5. The standard InChI is InChI=1S/C15H19N3O2/c1-12-4-5-14(20-15-3-2-7-17-18-15)11-13(12)6-8-16-9-10-19/h2-5,7,11,16,19H,6,8-10H2,1H3. The lowest BCUT2D eigenvalue weighted by atomic mass is 10.1. The van der Waals surface area contributed by atoms with Gasteiger partial charge in [-0.25, -0.2) is 0 Å². The molecule has 0 amide bonds. The van der Waals surface area contributed by atoms with Gasteiger partial charge in [-0.1, -0.05) is 6.07 Å². The van der Waals surface area contributed by atoms with Gasteiger partial charge < -0.3 is 15.2 Å². The van der Waals surface area contributed by atoms with Gasteiger partial charge in [0, 0.05) is 18.8 Å². The molecule has 106 valence electrons. The summed E-state index contributed by atoms with van der Waals surface area (Å²) in [5.41, 5.74) is 2.44. The van der Waals surface area contributed by atoms with Crippen molar-refractivity contribution in [3.63, 3.8) is 0 Å². The van der Waals surface area contributed by atoms with Crippen LogP contribution in [0, 0.1) is 6.92 Å². The first-order valence-corrected chi connectivity index (χ1v) is 6.66. The van der Waals surface area contributed by atoms with Gasteiger partial charge in [0.05, 0.1) is 6.61 Å². The summed E-state index contributed by atoms with van der Waals surface area (Å²) in [5, 5.41) is 19.6. The average Bonchev–Trinajstić information content (AvgIpc) is 2.48. The van der Waals surface area contributed by atoms with Crippen molar-refractivity contribution >= 4 is 0 Å². The van der Waals surface area contributed by atoms with E-state index in [0.717, 1.165) is 18.7 Å². The number of benzene rings is 1. The van der Waals surface area contributed by atoms with Crippen molar-refractivity contribution in [2.45, 2.75) is 13.3 Å². The predicted octanol–water partition coefficient (Wildman–Crippen LogP) is 1.70. The fourth-order valence-corrected chi connectivity index (χ4v) is 1.87. The first-order valence-electron chi connectivity index (χ1n) is 6.66. The quantitative estimate of drug-likeness (QED) is 0.752. The molecule has 2 N–H and O–H groups in total. The third kappa shape index (κ3) is 4.29. The van der Waals surface area contributed by atoms with Crippen molar-refractivity contribution in [2.24, 2.45) is 0 Å². The van der Waals surface area contributed by atoms with Crippen molar-refractivity contribution in [2.75, 3.05) is 19.7 Å². The largest absolute Gasteiger partial charge is 0.438 e. The number of nitrogens with one attached hydrogen (secondary N) is 1. The van der Waals surface area contributed by atoms with Gasteiger partial charge in [-0.05, 0) is 49.2 Å². The van der Waals surface area contributed by atoms with Gasteiger partial charge in [0.25, 0.3) is 0 Å². The highest BCUT2D eigenvalue weighted by Crippen LogP contribution is 2.22. The normalized spacial score (nSPS) is 10.5. The lowest BCUT2D eigenvalue weighted by molar-refractivity contribution is 0.293. The Morgan fingerprint density at radius 3 is 2.90 bits per heavy atom. The summed E-state index contributed by atoms with van der Waals surface area (Å²) in [7, 11) is 0. The highest BCUT2D eigenvalue weighted by molar-refractivity contribution is 5.36. The molecule has 0 bridgehead atoms.